The van der Waals surface area contributed by atoms with Crippen LogP contribution >= 0.6 is 15.9 Å². The van der Waals surface area contributed by atoms with Gasteiger partial charge in [-0.3, -0.25) is 0 Å². The van der Waals surface area contributed by atoms with Crippen LogP contribution in [-0.2, 0) is 0 Å². The van der Waals surface area contributed by atoms with Gasteiger partial charge in [-0.15, -0.1) is 0 Å². The maximum absolute atomic E-state index is 3.70. The summed E-state index contributed by atoms with van der Waals surface area (Å²) < 4.78 is 1.16. The van der Waals surface area contributed by atoms with Crippen molar-refractivity contribution in [2.45, 2.75) is 39.3 Å². The van der Waals surface area contributed by atoms with Crippen molar-refractivity contribution in [1.29, 1.82) is 0 Å². The van der Waals surface area contributed by atoms with E-state index in [0.717, 1.165) is 11.0 Å². The molecular formula is C14H21BrN2. The number of hydrogen-bond donors (Lipinski definition) is 1. The first-order chi connectivity index (χ1) is 7.97. The van der Waals surface area contributed by atoms with Crippen LogP contribution in [0.3, 0.4) is 0 Å². The molecule has 94 valence electrons. The second-order valence-corrected chi connectivity index (χ2v) is 6.20. The third kappa shape index (κ3) is 2.83. The van der Waals surface area contributed by atoms with Gasteiger partial charge in [0, 0.05) is 28.8 Å². The van der Waals surface area contributed by atoms with Gasteiger partial charge in [0.1, 0.15) is 0 Å². The second kappa shape index (κ2) is 4.99. The van der Waals surface area contributed by atoms with E-state index >= 15 is 0 Å². The smallest absolute Gasteiger partial charge is 0.0403 e. The van der Waals surface area contributed by atoms with Gasteiger partial charge in [0.15, 0.2) is 0 Å². The lowest BCUT2D eigenvalue weighted by molar-refractivity contribution is 0.330. The summed E-state index contributed by atoms with van der Waals surface area (Å²) in [5.41, 5.74) is 3.94. The van der Waals surface area contributed by atoms with Crippen LogP contribution in [0.5, 0.6) is 0 Å². The van der Waals surface area contributed by atoms with Crippen LogP contribution in [0.4, 0.5) is 5.69 Å². The summed E-state index contributed by atoms with van der Waals surface area (Å²) in [5, 5.41) is 3.70. The minimum Gasteiger partial charge on any atom is -0.381 e. The first kappa shape index (κ1) is 12.9. The number of nitrogens with zero attached hydrogens (tertiary/aromatic N) is 1. The molecule has 0 aromatic heterocycles. The molecule has 1 aromatic rings. The van der Waals surface area contributed by atoms with Crippen LogP contribution < -0.4 is 5.32 Å². The highest BCUT2D eigenvalue weighted by Gasteiger charge is 2.26. The van der Waals surface area contributed by atoms with Gasteiger partial charge < -0.3 is 10.2 Å². The molecule has 2 unspecified atom stereocenters. The lowest BCUT2D eigenvalue weighted by Crippen LogP contribution is -2.25. The van der Waals surface area contributed by atoms with E-state index in [1.807, 2.05) is 0 Å². The number of halogens is 1. The van der Waals surface area contributed by atoms with Gasteiger partial charge in [-0.2, -0.15) is 0 Å². The zero-order valence-electron chi connectivity index (χ0n) is 11.0. The molecule has 1 aromatic carbocycles. The highest BCUT2D eigenvalue weighted by molar-refractivity contribution is 9.10. The molecule has 2 nitrogen and oxygen atoms in total. The van der Waals surface area contributed by atoms with Gasteiger partial charge in [-0.1, -0.05) is 15.9 Å². The zero-order chi connectivity index (χ0) is 12.6. The molecular weight excluding hydrogens is 276 g/mol. The molecule has 0 aliphatic carbocycles. The van der Waals surface area contributed by atoms with Crippen LogP contribution in [0.2, 0.25) is 0 Å². The number of likely N-dealkylation sites (tertiary alicyclic amines) is 1. The number of likely N-dealkylation sites (N-methyl/N-ethyl adjacent to an activating group) is 1. The average Bonchev–Trinajstić information content (AvgIpc) is 2.52. The summed E-state index contributed by atoms with van der Waals surface area (Å²) >= 11 is 3.54. The Bertz CT molecular complexity index is 384. The van der Waals surface area contributed by atoms with Crippen molar-refractivity contribution in [3.05, 3.63) is 27.7 Å². The first-order valence-electron chi connectivity index (χ1n) is 6.21. The summed E-state index contributed by atoms with van der Waals surface area (Å²) in [7, 11) is 2.20. The Morgan fingerprint density at radius 1 is 1.29 bits per heavy atom. The summed E-state index contributed by atoms with van der Waals surface area (Å²) in [6.07, 6.45) is 1.23. The van der Waals surface area contributed by atoms with Gasteiger partial charge >= 0.3 is 0 Å². The highest BCUT2D eigenvalue weighted by Crippen LogP contribution is 2.28. The highest BCUT2D eigenvalue weighted by atomic mass is 79.9. The summed E-state index contributed by atoms with van der Waals surface area (Å²) in [6.45, 7) is 7.77. The van der Waals surface area contributed by atoms with E-state index in [4.69, 9.17) is 0 Å². The van der Waals surface area contributed by atoms with Crippen molar-refractivity contribution in [2.75, 3.05) is 18.9 Å². The fourth-order valence-corrected chi connectivity index (χ4v) is 3.33. The number of nitrogens with one attached hydrogen (secondary N) is 1. The largest absolute Gasteiger partial charge is 0.381 e. The van der Waals surface area contributed by atoms with E-state index in [2.05, 4.69) is 66.1 Å². The molecule has 1 saturated heterocycles. The lowest BCUT2D eigenvalue weighted by atomic mass is 10.1. The van der Waals surface area contributed by atoms with Crippen molar-refractivity contribution in [2.24, 2.45) is 0 Å². The van der Waals surface area contributed by atoms with Crippen LogP contribution in [0, 0.1) is 13.8 Å². The van der Waals surface area contributed by atoms with Gasteiger partial charge in [-0.25, -0.2) is 0 Å². The molecule has 17 heavy (non-hydrogen) atoms. The number of hydrogen-bond acceptors (Lipinski definition) is 2. The fourth-order valence-electron chi connectivity index (χ4n) is 2.64. The Labute approximate surface area is 113 Å². The van der Waals surface area contributed by atoms with Crippen LogP contribution in [0.15, 0.2) is 16.6 Å². The molecule has 0 amide bonds. The molecule has 1 heterocycles. The fraction of sp³-hybridized carbons (Fsp3) is 0.571. The predicted octanol–water partition coefficient (Wildman–Crippen LogP) is 3.57. The molecule has 3 heteroatoms. The average molecular weight is 297 g/mol. The van der Waals surface area contributed by atoms with E-state index in [0.29, 0.717) is 12.1 Å². The Morgan fingerprint density at radius 3 is 2.35 bits per heavy atom. The SMILES string of the molecule is Cc1cc(Br)cc(C)c1NC1CC(C)N(C)C1. The first-order valence-corrected chi connectivity index (χ1v) is 7.00. The monoisotopic (exact) mass is 296 g/mol. The summed E-state index contributed by atoms with van der Waals surface area (Å²) in [4.78, 5) is 2.42. The van der Waals surface area contributed by atoms with Crippen molar-refractivity contribution in [1.82, 2.24) is 4.90 Å². The normalized spacial score (nSPS) is 25.2. The Hall–Kier alpha value is -0.540. The minimum absolute atomic E-state index is 0.577. The van der Waals surface area contributed by atoms with E-state index in [1.54, 1.807) is 0 Å². The molecule has 0 spiro atoms. The van der Waals surface area contributed by atoms with Gasteiger partial charge in [0.25, 0.3) is 0 Å². The molecule has 1 fully saturated rings. The number of rotatable bonds is 2. The van der Waals surface area contributed by atoms with Crippen molar-refractivity contribution >= 4 is 21.6 Å². The van der Waals surface area contributed by atoms with Crippen molar-refractivity contribution in [3.63, 3.8) is 0 Å². The molecule has 1 aliphatic rings. The van der Waals surface area contributed by atoms with Crippen LogP contribution in [-0.4, -0.2) is 30.6 Å². The number of anilines is 1. The molecule has 0 radical (unpaired) electrons. The molecule has 1 N–H and O–H groups in total. The van der Waals surface area contributed by atoms with E-state index in [9.17, 15) is 0 Å². The van der Waals surface area contributed by atoms with E-state index < -0.39 is 0 Å². The Kier molecular flexibility index (Phi) is 3.79. The van der Waals surface area contributed by atoms with E-state index in [-0.39, 0.29) is 0 Å². The van der Waals surface area contributed by atoms with Gasteiger partial charge in [0.2, 0.25) is 0 Å². The lowest BCUT2D eigenvalue weighted by Gasteiger charge is -2.18. The minimum atomic E-state index is 0.577. The maximum Gasteiger partial charge on any atom is 0.0403 e. The second-order valence-electron chi connectivity index (χ2n) is 5.28. The number of benzene rings is 1. The molecule has 1 aliphatic heterocycles. The van der Waals surface area contributed by atoms with Gasteiger partial charge in [0.05, 0.1) is 0 Å². The molecule has 0 saturated carbocycles. The Balaban J connectivity index is 2.14. The van der Waals surface area contributed by atoms with Crippen LogP contribution in [0.25, 0.3) is 0 Å². The summed E-state index contributed by atoms with van der Waals surface area (Å²) in [5.74, 6) is 0. The van der Waals surface area contributed by atoms with E-state index in [1.165, 1.54) is 23.2 Å². The molecule has 2 rings (SSSR count). The maximum atomic E-state index is 3.70. The molecule has 0 bridgehead atoms. The molecule has 2 atom stereocenters. The zero-order valence-corrected chi connectivity index (χ0v) is 12.6. The standard InChI is InChI=1S/C14H21BrN2/c1-9-5-12(15)6-10(2)14(9)16-13-7-11(3)17(4)8-13/h5-6,11,13,16H,7-8H2,1-4H3. The number of aryl methyl sites for hydroxylation is 2. The third-order valence-electron chi connectivity index (χ3n) is 3.73. The van der Waals surface area contributed by atoms with Crippen molar-refractivity contribution in [3.8, 4) is 0 Å². The van der Waals surface area contributed by atoms with Crippen LogP contribution in [0.1, 0.15) is 24.5 Å². The summed E-state index contributed by atoms with van der Waals surface area (Å²) in [6, 6.07) is 5.62. The van der Waals surface area contributed by atoms with Gasteiger partial charge in [-0.05, 0) is 57.5 Å². The Morgan fingerprint density at radius 2 is 1.88 bits per heavy atom. The third-order valence-corrected chi connectivity index (χ3v) is 4.19. The predicted molar refractivity (Wildman–Crippen MR) is 77.7 cm³/mol. The quantitative estimate of drug-likeness (QED) is 0.897. The topological polar surface area (TPSA) is 15.3 Å². The van der Waals surface area contributed by atoms with Crippen molar-refractivity contribution < 1.29 is 0 Å².